The highest BCUT2D eigenvalue weighted by molar-refractivity contribution is 9.11. The molecule has 3 heteroatoms. The monoisotopic (exact) mass is 323 g/mol. The number of rotatable bonds is 4. The van der Waals surface area contributed by atoms with Crippen LogP contribution in [0, 0.1) is 13.8 Å². The van der Waals surface area contributed by atoms with Crippen LogP contribution in [0.4, 0.5) is 0 Å². The van der Waals surface area contributed by atoms with Crippen LogP contribution < -0.4 is 5.32 Å². The molecule has 0 fully saturated rings. The van der Waals surface area contributed by atoms with Gasteiger partial charge in [0, 0.05) is 4.88 Å². The Labute approximate surface area is 121 Å². The maximum atomic E-state index is 3.59. The molecule has 0 aliphatic carbocycles. The van der Waals surface area contributed by atoms with Crippen molar-refractivity contribution in [1.82, 2.24) is 5.32 Å². The summed E-state index contributed by atoms with van der Waals surface area (Å²) >= 11 is 5.35. The van der Waals surface area contributed by atoms with Gasteiger partial charge in [0.05, 0.1) is 9.83 Å². The molecule has 0 amide bonds. The van der Waals surface area contributed by atoms with E-state index in [0.29, 0.717) is 6.04 Å². The van der Waals surface area contributed by atoms with Crippen LogP contribution in [0.2, 0.25) is 0 Å². The second kappa shape index (κ2) is 6.00. The first-order chi connectivity index (χ1) is 8.61. The zero-order valence-corrected chi connectivity index (χ0v) is 13.4. The maximum absolute atomic E-state index is 3.59. The van der Waals surface area contributed by atoms with Crippen LogP contribution >= 0.6 is 27.3 Å². The minimum Gasteiger partial charge on any atom is -0.306 e. The summed E-state index contributed by atoms with van der Waals surface area (Å²) in [5.41, 5.74) is 4.04. The summed E-state index contributed by atoms with van der Waals surface area (Å²) in [5.74, 6) is 0. The van der Waals surface area contributed by atoms with Crippen molar-refractivity contribution in [2.24, 2.45) is 0 Å². The predicted molar refractivity (Wildman–Crippen MR) is 83.5 cm³/mol. The standard InChI is InChI=1S/C15H18BrNS/c1-4-17-15(13-7-8-14(16)18-13)12-9-10(2)5-6-11(12)3/h5-9,15,17H,4H2,1-3H3. The lowest BCUT2D eigenvalue weighted by molar-refractivity contribution is 0.636. The van der Waals surface area contributed by atoms with Crippen LogP contribution in [0.3, 0.4) is 0 Å². The number of nitrogens with one attached hydrogen (secondary N) is 1. The van der Waals surface area contributed by atoms with E-state index in [9.17, 15) is 0 Å². The molecule has 1 heterocycles. The molecule has 1 aromatic carbocycles. The summed E-state index contributed by atoms with van der Waals surface area (Å²) in [4.78, 5) is 1.36. The van der Waals surface area contributed by atoms with Gasteiger partial charge in [0.15, 0.2) is 0 Å². The third-order valence-electron chi connectivity index (χ3n) is 3.03. The van der Waals surface area contributed by atoms with Gasteiger partial charge in [0.25, 0.3) is 0 Å². The van der Waals surface area contributed by atoms with Crippen molar-refractivity contribution in [3.63, 3.8) is 0 Å². The number of benzene rings is 1. The van der Waals surface area contributed by atoms with E-state index in [2.05, 4.69) is 72.3 Å². The van der Waals surface area contributed by atoms with Gasteiger partial charge in [0.1, 0.15) is 0 Å². The molecule has 1 atom stereocenters. The van der Waals surface area contributed by atoms with Crippen LogP contribution in [0.25, 0.3) is 0 Å². The Hall–Kier alpha value is -0.640. The minimum absolute atomic E-state index is 0.297. The lowest BCUT2D eigenvalue weighted by Gasteiger charge is -2.19. The Kier molecular flexibility index (Phi) is 4.60. The Bertz CT molecular complexity index is 533. The second-order valence-electron chi connectivity index (χ2n) is 4.49. The summed E-state index contributed by atoms with van der Waals surface area (Å²) in [5, 5.41) is 3.59. The lowest BCUT2D eigenvalue weighted by Crippen LogP contribution is -2.22. The van der Waals surface area contributed by atoms with Gasteiger partial charge in [-0.25, -0.2) is 0 Å². The predicted octanol–water partition coefficient (Wildman–Crippen LogP) is 4.83. The SMILES string of the molecule is CCNC(c1ccc(Br)s1)c1cc(C)ccc1C. The molecule has 18 heavy (non-hydrogen) atoms. The first-order valence-electron chi connectivity index (χ1n) is 6.17. The fourth-order valence-corrected chi connectivity index (χ4v) is 3.64. The number of hydrogen-bond acceptors (Lipinski definition) is 2. The van der Waals surface area contributed by atoms with E-state index in [0.717, 1.165) is 6.54 Å². The number of aryl methyl sites for hydroxylation is 2. The molecule has 2 aromatic rings. The van der Waals surface area contributed by atoms with E-state index in [1.807, 2.05) is 0 Å². The zero-order chi connectivity index (χ0) is 13.1. The molecule has 1 unspecified atom stereocenters. The van der Waals surface area contributed by atoms with E-state index in [-0.39, 0.29) is 0 Å². The summed E-state index contributed by atoms with van der Waals surface area (Å²) < 4.78 is 1.19. The van der Waals surface area contributed by atoms with Crippen molar-refractivity contribution < 1.29 is 0 Å². The van der Waals surface area contributed by atoms with Crippen LogP contribution in [-0.4, -0.2) is 6.54 Å². The average molecular weight is 324 g/mol. The fourth-order valence-electron chi connectivity index (χ4n) is 2.12. The van der Waals surface area contributed by atoms with Gasteiger partial charge >= 0.3 is 0 Å². The van der Waals surface area contributed by atoms with Crippen LogP contribution in [-0.2, 0) is 0 Å². The maximum Gasteiger partial charge on any atom is 0.0702 e. The van der Waals surface area contributed by atoms with Crippen LogP contribution in [0.5, 0.6) is 0 Å². The first-order valence-corrected chi connectivity index (χ1v) is 7.78. The van der Waals surface area contributed by atoms with E-state index in [1.165, 1.54) is 25.4 Å². The van der Waals surface area contributed by atoms with Gasteiger partial charge in [-0.15, -0.1) is 11.3 Å². The van der Waals surface area contributed by atoms with Gasteiger partial charge in [-0.1, -0.05) is 30.7 Å². The van der Waals surface area contributed by atoms with Crippen molar-refractivity contribution in [3.8, 4) is 0 Å². The molecule has 0 saturated carbocycles. The van der Waals surface area contributed by atoms with Gasteiger partial charge in [-0.2, -0.15) is 0 Å². The van der Waals surface area contributed by atoms with Gasteiger partial charge in [0.2, 0.25) is 0 Å². The van der Waals surface area contributed by atoms with Gasteiger partial charge in [-0.05, 0) is 59.6 Å². The quantitative estimate of drug-likeness (QED) is 0.850. The fraction of sp³-hybridized carbons (Fsp3) is 0.333. The highest BCUT2D eigenvalue weighted by Crippen LogP contribution is 2.32. The summed E-state index contributed by atoms with van der Waals surface area (Å²) in [7, 11) is 0. The normalized spacial score (nSPS) is 12.7. The van der Waals surface area contributed by atoms with E-state index in [4.69, 9.17) is 0 Å². The van der Waals surface area contributed by atoms with Gasteiger partial charge in [-0.3, -0.25) is 0 Å². The largest absolute Gasteiger partial charge is 0.306 e. The topological polar surface area (TPSA) is 12.0 Å². The highest BCUT2D eigenvalue weighted by Gasteiger charge is 2.17. The molecule has 0 saturated heterocycles. The van der Waals surface area contributed by atoms with E-state index < -0.39 is 0 Å². The molecule has 1 nitrogen and oxygen atoms in total. The van der Waals surface area contributed by atoms with Crippen LogP contribution in [0.15, 0.2) is 34.1 Å². The van der Waals surface area contributed by atoms with Crippen molar-refractivity contribution in [2.45, 2.75) is 26.8 Å². The van der Waals surface area contributed by atoms with Crippen molar-refractivity contribution in [3.05, 3.63) is 55.7 Å². The van der Waals surface area contributed by atoms with Crippen molar-refractivity contribution in [1.29, 1.82) is 0 Å². The third kappa shape index (κ3) is 3.02. The molecular weight excluding hydrogens is 306 g/mol. The summed E-state index contributed by atoms with van der Waals surface area (Å²) in [6, 6.07) is 11.3. The molecule has 1 N–H and O–H groups in total. The van der Waals surface area contributed by atoms with Crippen LogP contribution in [0.1, 0.15) is 34.5 Å². The Morgan fingerprint density at radius 3 is 2.61 bits per heavy atom. The molecule has 0 aliphatic heterocycles. The van der Waals surface area contributed by atoms with Gasteiger partial charge < -0.3 is 5.32 Å². The average Bonchev–Trinajstić information content (AvgIpc) is 2.76. The molecule has 0 spiro atoms. The molecule has 0 bridgehead atoms. The number of hydrogen-bond donors (Lipinski definition) is 1. The smallest absolute Gasteiger partial charge is 0.0702 e. The number of halogens is 1. The third-order valence-corrected chi connectivity index (χ3v) is 4.72. The first kappa shape index (κ1) is 13.8. The molecule has 96 valence electrons. The molecule has 1 aromatic heterocycles. The Morgan fingerprint density at radius 1 is 1.22 bits per heavy atom. The summed E-state index contributed by atoms with van der Waals surface area (Å²) in [6.45, 7) is 7.45. The zero-order valence-electron chi connectivity index (χ0n) is 11.0. The minimum atomic E-state index is 0.297. The van der Waals surface area contributed by atoms with E-state index >= 15 is 0 Å². The molecule has 0 aliphatic rings. The Morgan fingerprint density at radius 2 is 2.00 bits per heavy atom. The van der Waals surface area contributed by atoms with Crippen molar-refractivity contribution >= 4 is 27.3 Å². The van der Waals surface area contributed by atoms with Crippen molar-refractivity contribution in [2.75, 3.05) is 6.54 Å². The Balaban J connectivity index is 2.44. The molecule has 2 rings (SSSR count). The highest BCUT2D eigenvalue weighted by atomic mass is 79.9. The molecular formula is C15H18BrNS. The number of thiophene rings is 1. The van der Waals surface area contributed by atoms with E-state index in [1.54, 1.807) is 11.3 Å². The second-order valence-corrected chi connectivity index (χ2v) is 6.99. The summed E-state index contributed by atoms with van der Waals surface area (Å²) in [6.07, 6.45) is 0. The molecule has 0 radical (unpaired) electrons. The lowest BCUT2D eigenvalue weighted by atomic mass is 9.98.